The third kappa shape index (κ3) is 2.68. The van der Waals surface area contributed by atoms with Crippen LogP contribution in [0.3, 0.4) is 0 Å². The Kier molecular flexibility index (Phi) is 3.19. The van der Waals surface area contributed by atoms with Crippen molar-refractivity contribution in [2.24, 2.45) is 7.05 Å². The van der Waals surface area contributed by atoms with Crippen LogP contribution in [0.15, 0.2) is 23.1 Å². The van der Waals surface area contributed by atoms with Crippen LogP contribution in [0.25, 0.3) is 0 Å². The summed E-state index contributed by atoms with van der Waals surface area (Å²) in [6.45, 7) is 1.89. The van der Waals surface area contributed by atoms with Gasteiger partial charge in [0.2, 0.25) is 0 Å². The van der Waals surface area contributed by atoms with Crippen LogP contribution in [0.5, 0.6) is 0 Å². The highest BCUT2D eigenvalue weighted by molar-refractivity contribution is 7.84. The van der Waals surface area contributed by atoms with E-state index in [2.05, 4.69) is 15.4 Å². The van der Waals surface area contributed by atoms with Gasteiger partial charge in [-0.05, 0) is 35.9 Å². The Hall–Kier alpha value is -1.76. The van der Waals surface area contributed by atoms with E-state index in [0.717, 1.165) is 10.5 Å². The Labute approximate surface area is 101 Å². The minimum absolute atomic E-state index is 0.261. The Balaban J connectivity index is 2.17. The van der Waals surface area contributed by atoms with E-state index in [9.17, 15) is 4.21 Å². The van der Waals surface area contributed by atoms with E-state index in [0.29, 0.717) is 11.5 Å². The number of hydrogen-bond donors (Lipinski definition) is 1. The average molecular weight is 251 g/mol. The van der Waals surface area contributed by atoms with Gasteiger partial charge in [-0.25, -0.2) is 0 Å². The smallest absolute Gasteiger partial charge is 0.187 e. The van der Waals surface area contributed by atoms with Crippen LogP contribution in [0, 0.1) is 6.92 Å². The number of benzene rings is 1. The minimum atomic E-state index is -1.17. The molecule has 0 saturated heterocycles. The van der Waals surface area contributed by atoms with Gasteiger partial charge in [0, 0.05) is 10.6 Å². The fourth-order valence-corrected chi connectivity index (χ4v) is 2.42. The van der Waals surface area contributed by atoms with Crippen molar-refractivity contribution in [3.63, 3.8) is 0 Å². The van der Waals surface area contributed by atoms with Crippen molar-refractivity contribution < 1.29 is 4.21 Å². The highest BCUT2D eigenvalue weighted by Gasteiger charge is 2.10. The van der Waals surface area contributed by atoms with Gasteiger partial charge in [-0.3, -0.25) is 4.21 Å². The van der Waals surface area contributed by atoms with E-state index in [1.807, 2.05) is 13.0 Å². The maximum atomic E-state index is 12.0. The van der Waals surface area contributed by atoms with Crippen LogP contribution in [0.1, 0.15) is 11.4 Å². The molecule has 2 N–H and O–H groups in total. The molecule has 0 radical (unpaired) electrons. The summed E-state index contributed by atoms with van der Waals surface area (Å²) in [5, 5.41) is 11.5. The molecule has 90 valence electrons. The standard InChI is InChI=1S/C10H13N5OS/c1-7-5-8(3-4-9(7)11)17(16)6-10-12-14-15(2)13-10/h3-5H,6,11H2,1-2H3. The molecule has 0 amide bonds. The summed E-state index contributed by atoms with van der Waals surface area (Å²) < 4.78 is 12.0. The Morgan fingerprint density at radius 1 is 1.47 bits per heavy atom. The zero-order chi connectivity index (χ0) is 12.4. The molecule has 0 spiro atoms. The summed E-state index contributed by atoms with van der Waals surface area (Å²) in [4.78, 5) is 2.07. The highest BCUT2D eigenvalue weighted by Crippen LogP contribution is 2.16. The summed E-state index contributed by atoms with van der Waals surface area (Å²) in [5.74, 6) is 0.734. The number of anilines is 1. The molecule has 1 aromatic carbocycles. The fourth-order valence-electron chi connectivity index (χ4n) is 1.37. The van der Waals surface area contributed by atoms with Crippen molar-refractivity contribution in [1.29, 1.82) is 0 Å². The topological polar surface area (TPSA) is 86.7 Å². The zero-order valence-corrected chi connectivity index (χ0v) is 10.4. The largest absolute Gasteiger partial charge is 0.399 e. The molecule has 6 nitrogen and oxygen atoms in total. The molecular weight excluding hydrogens is 238 g/mol. The second-order valence-electron chi connectivity index (χ2n) is 3.70. The van der Waals surface area contributed by atoms with Gasteiger partial charge in [-0.15, -0.1) is 10.2 Å². The van der Waals surface area contributed by atoms with Gasteiger partial charge in [0.1, 0.15) is 0 Å². The van der Waals surface area contributed by atoms with Gasteiger partial charge in [0.25, 0.3) is 0 Å². The van der Waals surface area contributed by atoms with Crippen LogP contribution in [-0.4, -0.2) is 24.4 Å². The number of hydrogen-bond acceptors (Lipinski definition) is 5. The molecule has 1 aromatic heterocycles. The molecule has 1 heterocycles. The second-order valence-corrected chi connectivity index (χ2v) is 5.15. The highest BCUT2D eigenvalue weighted by atomic mass is 32.2. The third-order valence-electron chi connectivity index (χ3n) is 2.31. The van der Waals surface area contributed by atoms with E-state index >= 15 is 0 Å². The molecule has 7 heteroatoms. The monoisotopic (exact) mass is 251 g/mol. The van der Waals surface area contributed by atoms with E-state index in [4.69, 9.17) is 5.73 Å². The maximum Gasteiger partial charge on any atom is 0.187 e. The fraction of sp³-hybridized carbons (Fsp3) is 0.300. The predicted molar refractivity (Wildman–Crippen MR) is 64.5 cm³/mol. The molecule has 17 heavy (non-hydrogen) atoms. The molecule has 0 aliphatic rings. The molecule has 1 unspecified atom stereocenters. The number of aromatic nitrogens is 4. The van der Waals surface area contributed by atoms with Gasteiger partial charge < -0.3 is 5.73 Å². The lowest BCUT2D eigenvalue weighted by molar-refractivity contribution is 0.628. The second kappa shape index (κ2) is 4.62. The van der Waals surface area contributed by atoms with Gasteiger partial charge >= 0.3 is 0 Å². The first kappa shape index (κ1) is 11.7. The molecule has 0 aliphatic carbocycles. The predicted octanol–water partition coefficient (Wildman–Crippen LogP) is 0.409. The first-order valence-electron chi connectivity index (χ1n) is 5.03. The average Bonchev–Trinajstić information content (AvgIpc) is 2.68. The quantitative estimate of drug-likeness (QED) is 0.798. The van der Waals surface area contributed by atoms with Gasteiger partial charge in [0.15, 0.2) is 5.82 Å². The van der Waals surface area contributed by atoms with Crippen LogP contribution in [0.4, 0.5) is 5.69 Å². The van der Waals surface area contributed by atoms with Crippen LogP contribution >= 0.6 is 0 Å². The summed E-state index contributed by atoms with van der Waals surface area (Å²) in [7, 11) is 0.500. The van der Waals surface area contributed by atoms with Crippen molar-refractivity contribution in [2.75, 3.05) is 5.73 Å². The number of nitrogens with zero attached hydrogens (tertiary/aromatic N) is 4. The summed E-state index contributed by atoms with van der Waals surface area (Å²) in [6, 6.07) is 5.34. The lowest BCUT2D eigenvalue weighted by Crippen LogP contribution is -2.01. The van der Waals surface area contributed by atoms with Crippen molar-refractivity contribution >= 4 is 16.5 Å². The lowest BCUT2D eigenvalue weighted by atomic mass is 10.2. The van der Waals surface area contributed by atoms with Crippen LogP contribution in [0.2, 0.25) is 0 Å². The number of nitrogen functional groups attached to an aromatic ring is 1. The normalized spacial score (nSPS) is 12.6. The third-order valence-corrected chi connectivity index (χ3v) is 3.61. The Morgan fingerprint density at radius 3 is 2.82 bits per heavy atom. The molecule has 0 bridgehead atoms. The zero-order valence-electron chi connectivity index (χ0n) is 9.62. The minimum Gasteiger partial charge on any atom is -0.399 e. The maximum absolute atomic E-state index is 12.0. The van der Waals surface area contributed by atoms with E-state index < -0.39 is 10.8 Å². The first-order valence-corrected chi connectivity index (χ1v) is 6.35. The molecule has 1 atom stereocenters. The molecule has 0 saturated carbocycles. The number of rotatable bonds is 3. The van der Waals surface area contributed by atoms with Crippen molar-refractivity contribution in [3.05, 3.63) is 29.6 Å². The molecule has 2 rings (SSSR count). The van der Waals surface area contributed by atoms with Crippen molar-refractivity contribution in [1.82, 2.24) is 20.2 Å². The lowest BCUT2D eigenvalue weighted by Gasteiger charge is -2.03. The Morgan fingerprint density at radius 2 is 2.24 bits per heavy atom. The van der Waals surface area contributed by atoms with E-state index in [-0.39, 0.29) is 5.75 Å². The summed E-state index contributed by atoms with van der Waals surface area (Å²) in [6.07, 6.45) is 0. The van der Waals surface area contributed by atoms with Gasteiger partial charge in [-0.1, -0.05) is 0 Å². The summed E-state index contributed by atoms with van der Waals surface area (Å²) in [5.41, 5.74) is 7.32. The molecule has 0 aliphatic heterocycles. The van der Waals surface area contributed by atoms with Crippen LogP contribution < -0.4 is 5.73 Å². The van der Waals surface area contributed by atoms with Crippen molar-refractivity contribution in [3.8, 4) is 0 Å². The van der Waals surface area contributed by atoms with Crippen LogP contribution in [-0.2, 0) is 23.6 Å². The first-order chi connectivity index (χ1) is 8.06. The SMILES string of the molecule is Cc1cc(S(=O)Cc2nnn(C)n2)ccc1N. The number of nitrogens with two attached hydrogens (primary N) is 1. The molecule has 0 fully saturated rings. The number of aryl methyl sites for hydroxylation is 2. The summed E-state index contributed by atoms with van der Waals surface area (Å²) >= 11 is 0. The van der Waals surface area contributed by atoms with E-state index in [1.54, 1.807) is 19.2 Å². The van der Waals surface area contributed by atoms with Crippen molar-refractivity contribution in [2.45, 2.75) is 17.6 Å². The number of tetrazole rings is 1. The van der Waals surface area contributed by atoms with Gasteiger partial charge in [0.05, 0.1) is 23.6 Å². The Bertz CT molecular complexity index is 566. The van der Waals surface area contributed by atoms with Gasteiger partial charge in [-0.2, -0.15) is 4.80 Å². The van der Waals surface area contributed by atoms with E-state index in [1.165, 1.54) is 4.80 Å². The molecule has 2 aromatic rings. The molecular formula is C10H13N5OS.